The van der Waals surface area contributed by atoms with Crippen molar-refractivity contribution in [3.05, 3.63) is 40.1 Å². The van der Waals surface area contributed by atoms with E-state index < -0.39 is 0 Å². The van der Waals surface area contributed by atoms with Crippen LogP contribution in [0.4, 0.5) is 0 Å². The van der Waals surface area contributed by atoms with Gasteiger partial charge in [-0.3, -0.25) is 4.79 Å². The van der Waals surface area contributed by atoms with Crippen molar-refractivity contribution < 1.29 is 9.90 Å². The summed E-state index contributed by atoms with van der Waals surface area (Å²) in [6, 6.07) is 4.21. The lowest BCUT2D eigenvalue weighted by molar-refractivity contribution is -0.126. The van der Waals surface area contributed by atoms with Crippen LogP contribution in [0.2, 0.25) is 0 Å². The van der Waals surface area contributed by atoms with Gasteiger partial charge in [0.25, 0.3) is 5.91 Å². The molecule has 0 saturated carbocycles. The minimum absolute atomic E-state index is 0.0236. The average molecular weight is 299 g/mol. The Morgan fingerprint density at radius 2 is 1.82 bits per heavy atom. The number of benzene rings is 1. The van der Waals surface area contributed by atoms with E-state index in [4.69, 9.17) is 0 Å². The predicted octanol–water partition coefficient (Wildman–Crippen LogP) is 3.78. The van der Waals surface area contributed by atoms with Gasteiger partial charge in [0.15, 0.2) is 0 Å². The zero-order chi connectivity index (χ0) is 15.9. The monoisotopic (exact) mass is 299 g/mol. The minimum atomic E-state index is -0.0908. The highest BCUT2D eigenvalue weighted by Gasteiger charge is 2.42. The molecular weight excluding hydrogens is 274 g/mol. The minimum Gasteiger partial charge on any atom is -0.509 e. The molecule has 1 saturated heterocycles. The largest absolute Gasteiger partial charge is 0.509 e. The summed E-state index contributed by atoms with van der Waals surface area (Å²) in [7, 11) is 0. The van der Waals surface area contributed by atoms with Gasteiger partial charge in [0.2, 0.25) is 0 Å². The summed E-state index contributed by atoms with van der Waals surface area (Å²) in [6.07, 6.45) is 4.76. The first kappa shape index (κ1) is 15.1. The molecule has 22 heavy (non-hydrogen) atoms. The number of carbonyl (C=O) groups is 1. The molecule has 0 aliphatic carbocycles. The van der Waals surface area contributed by atoms with Crippen molar-refractivity contribution >= 4 is 11.5 Å². The summed E-state index contributed by atoms with van der Waals surface area (Å²) >= 11 is 0. The average Bonchev–Trinajstić information content (AvgIpc) is 2.78. The normalized spacial score (nSPS) is 21.5. The second-order valence-corrected chi connectivity index (χ2v) is 6.44. The van der Waals surface area contributed by atoms with E-state index in [1.165, 1.54) is 16.7 Å². The van der Waals surface area contributed by atoms with Crippen molar-refractivity contribution in [1.82, 2.24) is 4.90 Å². The summed E-state index contributed by atoms with van der Waals surface area (Å²) in [5, 5.41) is 10.7. The molecule has 0 spiro atoms. The van der Waals surface area contributed by atoms with E-state index in [1.807, 2.05) is 4.90 Å². The molecule has 2 heterocycles. The fraction of sp³-hybridized carbons (Fsp3) is 0.526. The number of rotatable bonds is 3. The van der Waals surface area contributed by atoms with Gasteiger partial charge in [-0.05, 0) is 55.7 Å². The number of hydrogen-bond acceptors (Lipinski definition) is 2. The van der Waals surface area contributed by atoms with Crippen LogP contribution >= 0.6 is 0 Å². The lowest BCUT2D eigenvalue weighted by Crippen LogP contribution is -2.39. The molecule has 1 aromatic rings. The highest BCUT2D eigenvalue weighted by Crippen LogP contribution is 2.39. The van der Waals surface area contributed by atoms with E-state index in [-0.39, 0.29) is 11.9 Å². The first-order valence-electron chi connectivity index (χ1n) is 8.45. The van der Waals surface area contributed by atoms with Gasteiger partial charge in [-0.2, -0.15) is 0 Å². The van der Waals surface area contributed by atoms with Gasteiger partial charge in [0, 0.05) is 6.54 Å². The molecule has 118 valence electrons. The van der Waals surface area contributed by atoms with Gasteiger partial charge >= 0.3 is 0 Å². The van der Waals surface area contributed by atoms with Gasteiger partial charge in [-0.15, -0.1) is 0 Å². The van der Waals surface area contributed by atoms with E-state index in [9.17, 15) is 9.90 Å². The molecule has 3 rings (SSSR count). The Morgan fingerprint density at radius 3 is 2.36 bits per heavy atom. The van der Waals surface area contributed by atoms with Crippen LogP contribution in [0.15, 0.2) is 17.9 Å². The molecule has 1 atom stereocenters. The van der Waals surface area contributed by atoms with Crippen LogP contribution in [-0.2, 0) is 17.6 Å². The molecule has 1 aromatic carbocycles. The number of carbonyl (C=O) groups excluding carboxylic acids is 1. The molecule has 0 bridgehead atoms. The SMILES string of the molecule is CCc1cc(C)cc(CC)c1C1=C(O)C2CCCCN2C1=O. The third-order valence-electron chi connectivity index (χ3n) is 5.01. The first-order chi connectivity index (χ1) is 10.6. The number of aryl methyl sites for hydroxylation is 3. The van der Waals surface area contributed by atoms with Crippen molar-refractivity contribution in [3.8, 4) is 0 Å². The number of hydrogen-bond donors (Lipinski definition) is 1. The van der Waals surface area contributed by atoms with Crippen molar-refractivity contribution in [2.24, 2.45) is 0 Å². The van der Waals surface area contributed by atoms with Gasteiger partial charge in [0.1, 0.15) is 5.76 Å². The topological polar surface area (TPSA) is 40.5 Å². The van der Waals surface area contributed by atoms with E-state index in [1.54, 1.807) is 0 Å². The van der Waals surface area contributed by atoms with Crippen LogP contribution in [0.3, 0.4) is 0 Å². The Morgan fingerprint density at radius 1 is 1.18 bits per heavy atom. The third-order valence-corrected chi connectivity index (χ3v) is 5.01. The van der Waals surface area contributed by atoms with Crippen molar-refractivity contribution in [3.63, 3.8) is 0 Å². The molecule has 2 aliphatic rings. The summed E-state index contributed by atoms with van der Waals surface area (Å²) in [5.74, 6) is 0.327. The van der Waals surface area contributed by atoms with Gasteiger partial charge in [-0.25, -0.2) is 0 Å². The highest BCUT2D eigenvalue weighted by molar-refractivity contribution is 6.23. The van der Waals surface area contributed by atoms with E-state index in [0.717, 1.165) is 44.2 Å². The number of amides is 1. The second kappa shape index (κ2) is 5.79. The van der Waals surface area contributed by atoms with Crippen LogP contribution in [0, 0.1) is 6.92 Å². The number of fused-ring (bicyclic) bond motifs is 1. The molecule has 3 nitrogen and oxygen atoms in total. The Labute approximate surface area is 132 Å². The summed E-state index contributed by atoms with van der Waals surface area (Å²) in [6.45, 7) is 7.09. The smallest absolute Gasteiger partial charge is 0.258 e. The fourth-order valence-electron chi connectivity index (χ4n) is 3.93. The van der Waals surface area contributed by atoms with E-state index in [2.05, 4.69) is 32.9 Å². The Bertz CT molecular complexity index is 620. The molecule has 1 amide bonds. The number of aliphatic hydroxyl groups is 1. The lowest BCUT2D eigenvalue weighted by Gasteiger charge is -2.29. The van der Waals surface area contributed by atoms with Crippen LogP contribution in [0.1, 0.15) is 55.4 Å². The summed E-state index contributed by atoms with van der Waals surface area (Å²) in [5.41, 5.74) is 5.13. The predicted molar refractivity (Wildman–Crippen MR) is 88.8 cm³/mol. The maximum Gasteiger partial charge on any atom is 0.258 e. The molecule has 1 fully saturated rings. The van der Waals surface area contributed by atoms with Crippen LogP contribution in [0.25, 0.3) is 5.57 Å². The molecule has 0 radical (unpaired) electrons. The maximum absolute atomic E-state index is 12.9. The Balaban J connectivity index is 2.18. The molecule has 1 N–H and O–H groups in total. The van der Waals surface area contributed by atoms with Gasteiger partial charge in [-0.1, -0.05) is 31.5 Å². The van der Waals surface area contributed by atoms with E-state index in [0.29, 0.717) is 11.3 Å². The molecule has 3 heteroatoms. The number of nitrogens with zero attached hydrogens (tertiary/aromatic N) is 1. The van der Waals surface area contributed by atoms with Gasteiger partial charge < -0.3 is 10.0 Å². The molecule has 1 unspecified atom stereocenters. The summed E-state index contributed by atoms with van der Waals surface area (Å²) in [4.78, 5) is 14.7. The van der Waals surface area contributed by atoms with Crippen LogP contribution < -0.4 is 0 Å². The lowest BCUT2D eigenvalue weighted by atomic mass is 9.89. The molecule has 0 aromatic heterocycles. The first-order valence-corrected chi connectivity index (χ1v) is 8.45. The standard InChI is InChI=1S/C19H25NO2/c1-4-13-10-12(3)11-14(5-2)16(13)17-18(21)15-8-6-7-9-20(15)19(17)22/h10-11,15,21H,4-9H2,1-3H3. The Kier molecular flexibility index (Phi) is 3.98. The quantitative estimate of drug-likeness (QED) is 0.922. The number of aliphatic hydroxyl groups excluding tert-OH is 1. The molecular formula is C19H25NO2. The molecule has 2 aliphatic heterocycles. The van der Waals surface area contributed by atoms with E-state index >= 15 is 0 Å². The second-order valence-electron chi connectivity index (χ2n) is 6.44. The zero-order valence-electron chi connectivity index (χ0n) is 13.8. The number of piperidine rings is 1. The zero-order valence-corrected chi connectivity index (χ0v) is 13.8. The van der Waals surface area contributed by atoms with Crippen LogP contribution in [-0.4, -0.2) is 28.5 Å². The summed E-state index contributed by atoms with van der Waals surface area (Å²) < 4.78 is 0. The van der Waals surface area contributed by atoms with Crippen molar-refractivity contribution in [2.75, 3.05) is 6.54 Å². The maximum atomic E-state index is 12.9. The highest BCUT2D eigenvalue weighted by atomic mass is 16.3. The van der Waals surface area contributed by atoms with Crippen molar-refractivity contribution in [2.45, 2.75) is 58.9 Å². The third kappa shape index (κ3) is 2.23. The van der Waals surface area contributed by atoms with Gasteiger partial charge in [0.05, 0.1) is 11.6 Å². The Hall–Kier alpha value is -1.77. The fourth-order valence-corrected chi connectivity index (χ4v) is 3.93. The van der Waals surface area contributed by atoms with Crippen molar-refractivity contribution in [1.29, 1.82) is 0 Å². The van der Waals surface area contributed by atoms with Crippen LogP contribution in [0.5, 0.6) is 0 Å².